The molecule has 0 aliphatic carbocycles. The number of ketones is 1. The second kappa shape index (κ2) is 8.49. The minimum absolute atomic E-state index is 0.0376. The number of Topliss-reactive ketones (excluding diaryl/α,β-unsaturated/α-hetero) is 1. The Kier molecular flexibility index (Phi) is 5.51. The highest BCUT2D eigenvalue weighted by Gasteiger charge is 2.29. The zero-order valence-electron chi connectivity index (χ0n) is 17.5. The topological polar surface area (TPSA) is 98.9 Å². The van der Waals surface area contributed by atoms with Gasteiger partial charge in [-0.2, -0.15) is 5.10 Å². The number of thioether (sulfide) groups is 1. The molecule has 0 bridgehead atoms. The zero-order chi connectivity index (χ0) is 23.1. The van der Waals surface area contributed by atoms with Crippen LogP contribution in [0, 0.1) is 0 Å². The number of hydrogen-bond donors (Lipinski definition) is 1. The van der Waals surface area contributed by atoms with Gasteiger partial charge in [0.1, 0.15) is 5.39 Å². The first-order valence-electron chi connectivity index (χ1n) is 10.2. The Morgan fingerprint density at radius 3 is 2.73 bits per heavy atom. The fourth-order valence-corrected chi connectivity index (χ4v) is 5.11. The van der Waals surface area contributed by atoms with Crippen molar-refractivity contribution in [2.45, 2.75) is 24.5 Å². The molecule has 166 valence electrons. The summed E-state index contributed by atoms with van der Waals surface area (Å²) >= 11 is 7.54. The van der Waals surface area contributed by atoms with E-state index in [0.29, 0.717) is 43.9 Å². The van der Waals surface area contributed by atoms with Gasteiger partial charge in [-0.3, -0.25) is 19.0 Å². The molecule has 2 aromatic carbocycles. The Morgan fingerprint density at radius 1 is 1.21 bits per heavy atom. The SMILES string of the molecule is CC(=O)c1ccc(NC(=O)CC2CSc3nc4c(cnn4-c4cccc(Cl)c4)c(=O)n32)cc1. The lowest BCUT2D eigenvalue weighted by molar-refractivity contribution is -0.116. The van der Waals surface area contributed by atoms with E-state index in [-0.39, 0.29) is 29.7 Å². The minimum atomic E-state index is -0.319. The Bertz CT molecular complexity index is 1460. The van der Waals surface area contributed by atoms with Crippen molar-refractivity contribution in [3.05, 3.63) is 75.7 Å². The van der Waals surface area contributed by atoms with E-state index in [4.69, 9.17) is 11.6 Å². The molecule has 1 aliphatic rings. The summed E-state index contributed by atoms with van der Waals surface area (Å²) in [6, 6.07) is 13.6. The van der Waals surface area contributed by atoms with Gasteiger partial charge in [0.05, 0.1) is 17.9 Å². The van der Waals surface area contributed by atoms with Gasteiger partial charge in [-0.25, -0.2) is 9.67 Å². The summed E-state index contributed by atoms with van der Waals surface area (Å²) in [6.07, 6.45) is 1.62. The van der Waals surface area contributed by atoms with Crippen LogP contribution in [0.25, 0.3) is 16.7 Å². The lowest BCUT2D eigenvalue weighted by atomic mass is 10.1. The summed E-state index contributed by atoms with van der Waals surface area (Å²) in [4.78, 5) is 42.0. The van der Waals surface area contributed by atoms with E-state index in [2.05, 4.69) is 15.4 Å². The largest absolute Gasteiger partial charge is 0.326 e. The second-order valence-electron chi connectivity index (χ2n) is 7.69. The number of carbonyl (C=O) groups is 2. The summed E-state index contributed by atoms with van der Waals surface area (Å²) in [6.45, 7) is 1.49. The van der Waals surface area contributed by atoms with E-state index >= 15 is 0 Å². The molecule has 1 aliphatic heterocycles. The number of carbonyl (C=O) groups excluding carboxylic acids is 2. The molecule has 0 saturated carbocycles. The van der Waals surface area contributed by atoms with Crippen LogP contribution in [0.3, 0.4) is 0 Å². The van der Waals surface area contributed by atoms with Crippen molar-refractivity contribution in [1.29, 1.82) is 0 Å². The number of hydrogen-bond acceptors (Lipinski definition) is 6. The van der Waals surface area contributed by atoms with Crippen molar-refractivity contribution >= 4 is 51.8 Å². The summed E-state index contributed by atoms with van der Waals surface area (Å²) in [5.74, 6) is 0.311. The molecular weight excluding hydrogens is 462 g/mol. The van der Waals surface area contributed by atoms with Crippen LogP contribution in [0.1, 0.15) is 29.7 Å². The first-order chi connectivity index (χ1) is 15.9. The number of nitrogens with zero attached hydrogens (tertiary/aromatic N) is 4. The quantitative estimate of drug-likeness (QED) is 0.341. The van der Waals surface area contributed by atoms with Crippen LogP contribution in [0.2, 0.25) is 5.02 Å². The zero-order valence-corrected chi connectivity index (χ0v) is 19.1. The number of anilines is 1. The molecule has 4 aromatic rings. The van der Waals surface area contributed by atoms with Crippen molar-refractivity contribution in [3.63, 3.8) is 0 Å². The second-order valence-corrected chi connectivity index (χ2v) is 9.12. The predicted molar refractivity (Wildman–Crippen MR) is 128 cm³/mol. The Morgan fingerprint density at radius 2 is 2.00 bits per heavy atom. The number of halogens is 1. The smallest absolute Gasteiger partial charge is 0.265 e. The molecule has 10 heteroatoms. The standard InChI is InChI=1S/C23H18ClN5O3S/c1-13(30)14-5-7-16(8-6-14)26-20(31)10-18-12-33-23-27-21-19(22(32)28(18)23)11-25-29(21)17-4-2-3-15(24)9-17/h2-9,11,18H,10,12H2,1H3,(H,26,31). The van der Waals surface area contributed by atoms with E-state index in [0.717, 1.165) is 0 Å². The molecular formula is C23H18ClN5O3S. The molecule has 3 heterocycles. The highest BCUT2D eigenvalue weighted by Crippen LogP contribution is 2.33. The maximum atomic E-state index is 13.3. The number of nitrogens with one attached hydrogen (secondary N) is 1. The highest BCUT2D eigenvalue weighted by atomic mass is 35.5. The van der Waals surface area contributed by atoms with Crippen LogP contribution in [0.4, 0.5) is 5.69 Å². The van der Waals surface area contributed by atoms with Crippen molar-refractivity contribution in [3.8, 4) is 5.69 Å². The molecule has 0 saturated heterocycles. The fraction of sp³-hybridized carbons (Fsp3) is 0.174. The lowest BCUT2D eigenvalue weighted by Crippen LogP contribution is -2.27. The molecule has 5 rings (SSSR count). The van der Waals surface area contributed by atoms with E-state index in [9.17, 15) is 14.4 Å². The summed E-state index contributed by atoms with van der Waals surface area (Å²) in [5.41, 5.74) is 2.12. The number of rotatable bonds is 5. The maximum absolute atomic E-state index is 13.3. The average Bonchev–Trinajstić information content (AvgIpc) is 3.39. The first kappa shape index (κ1) is 21.4. The van der Waals surface area contributed by atoms with Crippen molar-refractivity contribution in [2.75, 3.05) is 11.1 Å². The minimum Gasteiger partial charge on any atom is -0.326 e. The maximum Gasteiger partial charge on any atom is 0.265 e. The van der Waals surface area contributed by atoms with Crippen LogP contribution in [-0.2, 0) is 4.79 Å². The number of fused-ring (bicyclic) bond motifs is 2. The van der Waals surface area contributed by atoms with Gasteiger partial charge in [-0.05, 0) is 49.4 Å². The first-order valence-corrected chi connectivity index (χ1v) is 11.6. The van der Waals surface area contributed by atoms with Crippen LogP contribution < -0.4 is 10.9 Å². The number of benzene rings is 2. The molecule has 8 nitrogen and oxygen atoms in total. The fourth-order valence-electron chi connectivity index (χ4n) is 3.79. The third kappa shape index (κ3) is 4.05. The van der Waals surface area contributed by atoms with Crippen LogP contribution >= 0.6 is 23.4 Å². The van der Waals surface area contributed by atoms with Crippen molar-refractivity contribution < 1.29 is 9.59 Å². The van der Waals surface area contributed by atoms with Crippen molar-refractivity contribution in [2.24, 2.45) is 0 Å². The molecule has 2 aromatic heterocycles. The Balaban J connectivity index is 1.40. The van der Waals surface area contributed by atoms with Gasteiger partial charge in [0.25, 0.3) is 5.56 Å². The third-order valence-electron chi connectivity index (χ3n) is 5.42. The number of amides is 1. The summed E-state index contributed by atoms with van der Waals surface area (Å²) in [7, 11) is 0. The highest BCUT2D eigenvalue weighted by molar-refractivity contribution is 7.99. The molecule has 33 heavy (non-hydrogen) atoms. The Hall–Kier alpha value is -3.43. The molecule has 0 spiro atoms. The van der Waals surface area contributed by atoms with Gasteiger partial charge in [-0.15, -0.1) is 0 Å². The molecule has 1 amide bonds. The third-order valence-corrected chi connectivity index (χ3v) is 6.75. The predicted octanol–water partition coefficient (Wildman–Crippen LogP) is 4.11. The average molecular weight is 480 g/mol. The van der Waals surface area contributed by atoms with E-state index in [1.54, 1.807) is 45.6 Å². The van der Waals surface area contributed by atoms with Crippen LogP contribution in [0.5, 0.6) is 0 Å². The van der Waals surface area contributed by atoms with Gasteiger partial charge in [0, 0.05) is 28.4 Å². The van der Waals surface area contributed by atoms with Gasteiger partial charge in [0.2, 0.25) is 5.91 Å². The van der Waals surface area contributed by atoms with Gasteiger partial charge < -0.3 is 5.32 Å². The van der Waals surface area contributed by atoms with Gasteiger partial charge in [-0.1, -0.05) is 29.4 Å². The molecule has 1 unspecified atom stereocenters. The van der Waals surface area contributed by atoms with Gasteiger partial charge >= 0.3 is 0 Å². The molecule has 0 radical (unpaired) electrons. The van der Waals surface area contributed by atoms with E-state index in [1.807, 2.05) is 12.1 Å². The Labute approximate surface area is 197 Å². The number of aromatic nitrogens is 4. The van der Waals surface area contributed by atoms with E-state index in [1.165, 1.54) is 24.9 Å². The monoisotopic (exact) mass is 479 g/mol. The van der Waals surface area contributed by atoms with Crippen molar-refractivity contribution in [1.82, 2.24) is 19.3 Å². The normalized spacial score (nSPS) is 14.9. The van der Waals surface area contributed by atoms with Crippen LogP contribution in [-0.4, -0.2) is 36.8 Å². The van der Waals surface area contributed by atoms with E-state index < -0.39 is 0 Å². The van der Waals surface area contributed by atoms with Crippen LogP contribution in [0.15, 0.2) is 64.7 Å². The summed E-state index contributed by atoms with van der Waals surface area (Å²) < 4.78 is 3.17. The lowest BCUT2D eigenvalue weighted by Gasteiger charge is -2.13. The van der Waals surface area contributed by atoms with Gasteiger partial charge in [0.15, 0.2) is 16.6 Å². The molecule has 1 atom stereocenters. The molecule has 0 fully saturated rings. The summed E-state index contributed by atoms with van der Waals surface area (Å²) in [5, 5.41) is 8.67. The molecule has 1 N–H and O–H groups in total.